The maximum absolute atomic E-state index is 13.9. The van der Waals surface area contributed by atoms with Crippen LogP contribution in [0.5, 0.6) is 0 Å². The quantitative estimate of drug-likeness (QED) is 0.363. The molecule has 3 aromatic rings. The third kappa shape index (κ3) is 6.95. The molecular formula is C35H40N4O5. The fourth-order valence-electron chi connectivity index (χ4n) is 6.61. The number of piperidine rings is 1. The molecule has 3 saturated heterocycles. The zero-order valence-corrected chi connectivity index (χ0v) is 24.9. The van der Waals surface area contributed by atoms with Crippen LogP contribution >= 0.6 is 0 Å². The van der Waals surface area contributed by atoms with Crippen molar-refractivity contribution in [3.05, 3.63) is 107 Å². The number of aromatic carboxylic acids is 1. The smallest absolute Gasteiger partial charge is 0.335 e. The van der Waals surface area contributed by atoms with E-state index < -0.39 is 5.97 Å². The SMILES string of the molecule is O=C(O)c1ccc(CN2C[C@@H](c3ccccc3)N(C3CCN(Cc4ccc(C(=O)NC5CCOCC5)cc4)CC3)C2=O)cc1. The molecular weight excluding hydrogens is 556 g/mol. The van der Waals surface area contributed by atoms with Crippen LogP contribution in [0, 0.1) is 0 Å². The summed E-state index contributed by atoms with van der Waals surface area (Å²) in [4.78, 5) is 44.2. The number of likely N-dealkylation sites (tertiary alicyclic amines) is 1. The van der Waals surface area contributed by atoms with Crippen LogP contribution in [0.15, 0.2) is 78.9 Å². The maximum Gasteiger partial charge on any atom is 0.335 e. The fourth-order valence-corrected chi connectivity index (χ4v) is 6.61. The second kappa shape index (κ2) is 13.6. The standard InChI is InChI=1S/C35H40N4O5/c40-33(36-30-16-20-44-21-17-30)28-10-6-25(7-11-28)22-37-18-14-31(15-19-37)39-32(27-4-2-1-3-5-27)24-38(35(39)43)23-26-8-12-29(13-9-26)34(41)42/h1-13,30-32H,14-24H2,(H,36,40)(H,41,42)/t32-/m0/s1. The Labute approximate surface area is 258 Å². The second-order valence-electron chi connectivity index (χ2n) is 12.1. The van der Waals surface area contributed by atoms with Crippen molar-refractivity contribution < 1.29 is 24.2 Å². The molecule has 0 saturated carbocycles. The lowest BCUT2D eigenvalue weighted by atomic mass is 9.98. The van der Waals surface area contributed by atoms with Gasteiger partial charge in [0.15, 0.2) is 0 Å². The topological polar surface area (TPSA) is 102 Å². The number of hydrogen-bond donors (Lipinski definition) is 2. The molecule has 6 rings (SSSR count). The molecule has 0 unspecified atom stereocenters. The molecule has 0 radical (unpaired) electrons. The van der Waals surface area contributed by atoms with Gasteiger partial charge in [-0.3, -0.25) is 9.69 Å². The summed E-state index contributed by atoms with van der Waals surface area (Å²) in [5, 5.41) is 12.4. The van der Waals surface area contributed by atoms with Crippen molar-refractivity contribution in [2.24, 2.45) is 0 Å². The number of nitrogens with zero attached hydrogens (tertiary/aromatic N) is 3. The molecule has 9 heteroatoms. The van der Waals surface area contributed by atoms with Crippen molar-refractivity contribution >= 4 is 17.9 Å². The molecule has 3 fully saturated rings. The minimum atomic E-state index is -0.957. The third-order valence-electron chi connectivity index (χ3n) is 9.11. The average molecular weight is 597 g/mol. The first-order valence-corrected chi connectivity index (χ1v) is 15.6. The zero-order valence-electron chi connectivity index (χ0n) is 24.9. The summed E-state index contributed by atoms with van der Waals surface area (Å²) >= 11 is 0. The monoisotopic (exact) mass is 596 g/mol. The van der Waals surface area contributed by atoms with Gasteiger partial charge in [0, 0.05) is 63.6 Å². The number of rotatable bonds is 9. The van der Waals surface area contributed by atoms with E-state index in [-0.39, 0.29) is 35.6 Å². The normalized spacial score (nSPS) is 20.2. The number of carboxylic acids is 1. The van der Waals surface area contributed by atoms with Crippen LogP contribution in [0.4, 0.5) is 4.79 Å². The Morgan fingerprint density at radius 3 is 2.05 bits per heavy atom. The number of ether oxygens (including phenoxy) is 1. The molecule has 44 heavy (non-hydrogen) atoms. The Balaban J connectivity index is 1.07. The summed E-state index contributed by atoms with van der Waals surface area (Å²) in [6.45, 7) is 5.02. The summed E-state index contributed by atoms with van der Waals surface area (Å²) in [5.41, 5.74) is 4.14. The van der Waals surface area contributed by atoms with E-state index in [0.717, 1.165) is 56.4 Å². The fraction of sp³-hybridized carbons (Fsp3) is 0.400. The summed E-state index contributed by atoms with van der Waals surface area (Å²) in [5.74, 6) is -0.986. The Hall–Kier alpha value is -4.21. The molecule has 3 aliphatic heterocycles. The van der Waals surface area contributed by atoms with E-state index in [2.05, 4.69) is 27.2 Å². The predicted octanol–water partition coefficient (Wildman–Crippen LogP) is 4.94. The molecule has 0 aliphatic carbocycles. The summed E-state index contributed by atoms with van der Waals surface area (Å²) in [6.07, 6.45) is 3.49. The molecule has 0 aromatic heterocycles. The first-order valence-electron chi connectivity index (χ1n) is 15.6. The van der Waals surface area contributed by atoms with Gasteiger partial charge in [-0.15, -0.1) is 0 Å². The molecule has 3 heterocycles. The summed E-state index contributed by atoms with van der Waals surface area (Å²) in [7, 11) is 0. The Morgan fingerprint density at radius 1 is 0.795 bits per heavy atom. The number of carbonyl (C=O) groups excluding carboxylic acids is 2. The molecule has 0 spiro atoms. The minimum Gasteiger partial charge on any atom is -0.478 e. The van der Waals surface area contributed by atoms with Gasteiger partial charge in [0.05, 0.1) is 11.6 Å². The Kier molecular flexibility index (Phi) is 9.23. The number of hydrogen-bond acceptors (Lipinski definition) is 5. The Morgan fingerprint density at radius 2 is 1.41 bits per heavy atom. The largest absolute Gasteiger partial charge is 0.478 e. The minimum absolute atomic E-state index is 0.0289. The van der Waals surface area contributed by atoms with Crippen LogP contribution in [0.25, 0.3) is 0 Å². The first kappa shape index (κ1) is 29.8. The van der Waals surface area contributed by atoms with E-state index in [1.807, 2.05) is 47.4 Å². The zero-order chi connectivity index (χ0) is 30.5. The lowest BCUT2D eigenvalue weighted by molar-refractivity contribution is 0.0688. The van der Waals surface area contributed by atoms with Crippen LogP contribution in [0.3, 0.4) is 0 Å². The van der Waals surface area contributed by atoms with Crippen molar-refractivity contribution in [3.63, 3.8) is 0 Å². The molecule has 9 nitrogen and oxygen atoms in total. The highest BCUT2D eigenvalue weighted by Crippen LogP contribution is 2.35. The van der Waals surface area contributed by atoms with Crippen molar-refractivity contribution in [2.75, 3.05) is 32.8 Å². The number of benzene rings is 3. The summed E-state index contributed by atoms with van der Waals surface area (Å²) < 4.78 is 5.38. The number of urea groups is 1. The highest BCUT2D eigenvalue weighted by molar-refractivity contribution is 5.94. The molecule has 3 aliphatic rings. The maximum atomic E-state index is 13.9. The van der Waals surface area contributed by atoms with Gasteiger partial charge < -0.3 is 25.0 Å². The van der Waals surface area contributed by atoms with Crippen LogP contribution in [-0.2, 0) is 17.8 Å². The van der Waals surface area contributed by atoms with Crippen LogP contribution < -0.4 is 5.32 Å². The number of amides is 3. The molecule has 0 bridgehead atoms. The molecule has 3 aromatic carbocycles. The van der Waals surface area contributed by atoms with Gasteiger partial charge in [0.1, 0.15) is 0 Å². The van der Waals surface area contributed by atoms with E-state index in [1.54, 1.807) is 24.3 Å². The third-order valence-corrected chi connectivity index (χ3v) is 9.11. The summed E-state index contributed by atoms with van der Waals surface area (Å²) in [6, 6.07) is 25.2. The predicted molar refractivity (Wildman–Crippen MR) is 166 cm³/mol. The first-order chi connectivity index (χ1) is 21.4. The number of nitrogens with one attached hydrogen (secondary N) is 1. The highest BCUT2D eigenvalue weighted by atomic mass is 16.5. The van der Waals surface area contributed by atoms with E-state index >= 15 is 0 Å². The van der Waals surface area contributed by atoms with E-state index in [4.69, 9.17) is 4.74 Å². The molecule has 2 N–H and O–H groups in total. The van der Waals surface area contributed by atoms with E-state index in [9.17, 15) is 19.5 Å². The Bertz CT molecular complexity index is 1430. The molecule has 1 atom stereocenters. The van der Waals surface area contributed by atoms with Crippen molar-refractivity contribution in [2.45, 2.75) is 56.9 Å². The van der Waals surface area contributed by atoms with Crippen LogP contribution in [-0.4, -0.2) is 82.6 Å². The van der Waals surface area contributed by atoms with Crippen LogP contribution in [0.1, 0.15) is 69.1 Å². The van der Waals surface area contributed by atoms with Gasteiger partial charge in [-0.25, -0.2) is 9.59 Å². The second-order valence-corrected chi connectivity index (χ2v) is 12.1. The molecule has 3 amide bonds. The van der Waals surface area contributed by atoms with Crippen molar-refractivity contribution in [1.29, 1.82) is 0 Å². The lowest BCUT2D eigenvalue weighted by Crippen LogP contribution is -2.47. The van der Waals surface area contributed by atoms with Gasteiger partial charge in [-0.05, 0) is 66.6 Å². The van der Waals surface area contributed by atoms with Gasteiger partial charge in [-0.2, -0.15) is 0 Å². The van der Waals surface area contributed by atoms with Gasteiger partial charge >= 0.3 is 12.0 Å². The highest BCUT2D eigenvalue weighted by Gasteiger charge is 2.42. The van der Waals surface area contributed by atoms with E-state index in [1.165, 1.54) is 5.56 Å². The van der Waals surface area contributed by atoms with Gasteiger partial charge in [0.2, 0.25) is 0 Å². The van der Waals surface area contributed by atoms with E-state index in [0.29, 0.717) is 31.9 Å². The van der Waals surface area contributed by atoms with Crippen molar-refractivity contribution in [3.8, 4) is 0 Å². The lowest BCUT2D eigenvalue weighted by Gasteiger charge is -2.39. The average Bonchev–Trinajstić information content (AvgIpc) is 3.38. The number of carbonyl (C=O) groups is 3. The van der Waals surface area contributed by atoms with Gasteiger partial charge in [0.25, 0.3) is 5.91 Å². The number of carboxylic acid groups (broad SMARTS) is 1. The van der Waals surface area contributed by atoms with Crippen molar-refractivity contribution in [1.82, 2.24) is 20.0 Å². The molecule has 230 valence electrons. The van der Waals surface area contributed by atoms with Crippen LogP contribution in [0.2, 0.25) is 0 Å². The van der Waals surface area contributed by atoms with Gasteiger partial charge in [-0.1, -0.05) is 54.6 Å².